The third-order valence-electron chi connectivity index (χ3n) is 7.64. The van der Waals surface area contributed by atoms with Crippen LogP contribution in [0.4, 0.5) is 5.69 Å². The van der Waals surface area contributed by atoms with Gasteiger partial charge in [0.1, 0.15) is 29.8 Å². The zero-order chi connectivity index (χ0) is 29.1. The van der Waals surface area contributed by atoms with Gasteiger partial charge in [0, 0.05) is 39.0 Å². The molecule has 228 valence electrons. The van der Waals surface area contributed by atoms with Gasteiger partial charge in [0.25, 0.3) is 0 Å². The Morgan fingerprint density at radius 1 is 1.12 bits per heavy atom. The fourth-order valence-corrected chi connectivity index (χ4v) is 5.55. The van der Waals surface area contributed by atoms with Crippen LogP contribution in [0, 0.1) is 0 Å². The summed E-state index contributed by atoms with van der Waals surface area (Å²) < 4.78 is 35.1. The van der Waals surface area contributed by atoms with Crippen molar-refractivity contribution in [3.63, 3.8) is 0 Å². The van der Waals surface area contributed by atoms with Gasteiger partial charge in [0.2, 0.25) is 0 Å². The number of rotatable bonds is 16. The summed E-state index contributed by atoms with van der Waals surface area (Å²) in [7, 11) is 1.73. The number of hydrogen-bond donors (Lipinski definition) is 2. The predicted molar refractivity (Wildman–Crippen MR) is 159 cm³/mol. The Morgan fingerprint density at radius 3 is 2.76 bits per heavy atom. The van der Waals surface area contributed by atoms with Gasteiger partial charge in [-0.3, -0.25) is 0 Å². The molecule has 0 spiro atoms. The molecule has 0 bridgehead atoms. The smallest absolute Gasteiger partial charge is 0.142 e. The minimum atomic E-state index is -1.19. The molecular weight excluding hydrogens is 524 g/mol. The first-order chi connectivity index (χ1) is 20.0. The highest BCUT2D eigenvalue weighted by atomic mass is 16.5. The molecule has 1 saturated heterocycles. The van der Waals surface area contributed by atoms with Gasteiger partial charge < -0.3 is 43.7 Å². The molecule has 2 aliphatic heterocycles. The first-order valence-corrected chi connectivity index (χ1v) is 15.0. The molecule has 2 N–H and O–H groups in total. The lowest BCUT2D eigenvalue weighted by Crippen LogP contribution is -2.53. The second kappa shape index (κ2) is 15.7. The molecule has 4 rings (SSSR count). The van der Waals surface area contributed by atoms with Crippen molar-refractivity contribution in [1.29, 1.82) is 0 Å². The van der Waals surface area contributed by atoms with Crippen molar-refractivity contribution < 1.29 is 33.5 Å². The van der Waals surface area contributed by atoms with Gasteiger partial charge >= 0.3 is 0 Å². The third kappa shape index (κ3) is 8.34. The summed E-state index contributed by atoms with van der Waals surface area (Å²) in [6, 6.07) is 12.1. The van der Waals surface area contributed by atoms with Crippen molar-refractivity contribution in [2.45, 2.75) is 64.6 Å². The molecule has 9 nitrogen and oxygen atoms in total. The quantitative estimate of drug-likeness (QED) is 0.289. The Morgan fingerprint density at radius 2 is 1.95 bits per heavy atom. The van der Waals surface area contributed by atoms with Crippen molar-refractivity contribution in [2.24, 2.45) is 0 Å². The van der Waals surface area contributed by atoms with E-state index in [1.807, 2.05) is 51.1 Å². The van der Waals surface area contributed by atoms with Crippen LogP contribution in [-0.4, -0.2) is 83.6 Å². The molecule has 0 aliphatic carbocycles. The van der Waals surface area contributed by atoms with E-state index in [1.165, 1.54) is 0 Å². The van der Waals surface area contributed by atoms with E-state index < -0.39 is 11.7 Å². The molecule has 2 heterocycles. The van der Waals surface area contributed by atoms with E-state index in [0.717, 1.165) is 54.2 Å². The summed E-state index contributed by atoms with van der Waals surface area (Å²) in [5.41, 5.74) is 2.67. The molecule has 0 aromatic heterocycles. The van der Waals surface area contributed by atoms with Crippen molar-refractivity contribution in [3.8, 4) is 11.5 Å². The zero-order valence-electron chi connectivity index (χ0n) is 25.2. The maximum Gasteiger partial charge on any atom is 0.142 e. The topological polar surface area (TPSA) is 90.9 Å². The van der Waals surface area contributed by atoms with Gasteiger partial charge in [-0.15, -0.1) is 0 Å². The summed E-state index contributed by atoms with van der Waals surface area (Å²) in [6.07, 6.45) is 1.07. The summed E-state index contributed by atoms with van der Waals surface area (Å²) in [5.74, 6) is 1.56. The largest absolute Gasteiger partial charge is 0.493 e. The van der Waals surface area contributed by atoms with Gasteiger partial charge in [-0.1, -0.05) is 18.2 Å². The molecule has 1 fully saturated rings. The van der Waals surface area contributed by atoms with Crippen molar-refractivity contribution in [1.82, 2.24) is 5.32 Å². The molecule has 0 saturated carbocycles. The first-order valence-electron chi connectivity index (χ1n) is 15.0. The molecule has 9 heteroatoms. The van der Waals surface area contributed by atoms with E-state index >= 15 is 0 Å². The Kier molecular flexibility index (Phi) is 12.1. The monoisotopic (exact) mass is 572 g/mol. The fourth-order valence-electron chi connectivity index (χ4n) is 5.55. The summed E-state index contributed by atoms with van der Waals surface area (Å²) in [5, 5.41) is 15.5. The Balaban J connectivity index is 1.46. The minimum absolute atomic E-state index is 0.0420. The third-order valence-corrected chi connectivity index (χ3v) is 7.64. The molecule has 2 aliphatic rings. The van der Waals surface area contributed by atoms with E-state index in [1.54, 1.807) is 7.11 Å². The van der Waals surface area contributed by atoms with E-state index in [2.05, 4.69) is 16.3 Å². The van der Waals surface area contributed by atoms with Crippen LogP contribution < -0.4 is 19.7 Å². The van der Waals surface area contributed by atoms with E-state index in [0.29, 0.717) is 64.9 Å². The first kappa shape index (κ1) is 31.5. The summed E-state index contributed by atoms with van der Waals surface area (Å²) in [6.45, 7) is 12.8. The molecule has 3 atom stereocenters. The fraction of sp³-hybridized carbons (Fsp3) is 0.625. The highest BCUT2D eigenvalue weighted by molar-refractivity contribution is 5.61. The van der Waals surface area contributed by atoms with Crippen LogP contribution in [0.15, 0.2) is 36.4 Å². The predicted octanol–water partition coefficient (Wildman–Crippen LogP) is 4.03. The van der Waals surface area contributed by atoms with Gasteiger partial charge in [0.15, 0.2) is 0 Å². The number of ether oxygens (including phenoxy) is 6. The Bertz CT molecular complexity index is 1080. The van der Waals surface area contributed by atoms with E-state index in [9.17, 15) is 5.11 Å². The summed E-state index contributed by atoms with van der Waals surface area (Å²) >= 11 is 0. The lowest BCUT2D eigenvalue weighted by atomic mass is 9.81. The minimum Gasteiger partial charge on any atom is -0.493 e. The van der Waals surface area contributed by atoms with Crippen molar-refractivity contribution >= 4 is 5.69 Å². The molecule has 41 heavy (non-hydrogen) atoms. The Labute approximate surface area is 245 Å². The van der Waals surface area contributed by atoms with E-state index in [4.69, 9.17) is 28.4 Å². The number of piperidine rings is 1. The average Bonchev–Trinajstić information content (AvgIpc) is 2.97. The normalized spacial score (nSPS) is 21.3. The number of methoxy groups -OCH3 is 1. The number of aliphatic hydroxyl groups is 1. The maximum absolute atomic E-state index is 12.1. The highest BCUT2D eigenvalue weighted by Crippen LogP contribution is 2.40. The molecule has 2 aromatic rings. The zero-order valence-corrected chi connectivity index (χ0v) is 25.2. The SMILES string of the molecule is CCOc1cc(COC[C@@H](C)OCC)ccc1[C@@]1(O)CCNC[C@@H]1OCc1ccc2c(c1)N(CCCOC)CCO2. The van der Waals surface area contributed by atoms with Gasteiger partial charge in [-0.25, -0.2) is 0 Å². The average molecular weight is 573 g/mol. The second-order valence-electron chi connectivity index (χ2n) is 10.7. The highest BCUT2D eigenvalue weighted by Gasteiger charge is 2.43. The lowest BCUT2D eigenvalue weighted by molar-refractivity contribution is -0.135. The number of benzene rings is 2. The van der Waals surface area contributed by atoms with Crippen LogP contribution in [0.5, 0.6) is 11.5 Å². The number of anilines is 1. The summed E-state index contributed by atoms with van der Waals surface area (Å²) in [4.78, 5) is 2.34. The number of nitrogens with zero attached hydrogens (tertiary/aromatic N) is 1. The molecule has 0 amide bonds. The van der Waals surface area contributed by atoms with Crippen LogP contribution in [0.2, 0.25) is 0 Å². The number of fused-ring (bicyclic) bond motifs is 1. The van der Waals surface area contributed by atoms with Crippen LogP contribution in [0.25, 0.3) is 0 Å². The van der Waals surface area contributed by atoms with Gasteiger partial charge in [-0.05, 0) is 69.5 Å². The number of nitrogens with one attached hydrogen (secondary N) is 1. The van der Waals surface area contributed by atoms with Crippen LogP contribution >= 0.6 is 0 Å². The molecule has 0 unspecified atom stereocenters. The molecular formula is C32H48N2O7. The standard InChI is InChI=1S/C32H48N2O7/c1-5-38-24(3)21-37-22-26-8-10-27(30(19-26)39-6-2)32(35)12-13-33-20-31(32)41-23-25-9-11-29-28(18-25)34(15-17-40-29)14-7-16-36-4/h8-11,18-19,24,31,33,35H,5-7,12-17,20-23H2,1-4H3/t24-,31+,32+/m1/s1. The molecule has 2 aromatic carbocycles. The van der Waals surface area contributed by atoms with Crippen LogP contribution in [0.3, 0.4) is 0 Å². The van der Waals surface area contributed by atoms with Crippen LogP contribution in [0.1, 0.15) is 50.3 Å². The molecule has 0 radical (unpaired) electrons. The van der Waals surface area contributed by atoms with Gasteiger partial charge in [0.05, 0.1) is 44.8 Å². The van der Waals surface area contributed by atoms with Gasteiger partial charge in [-0.2, -0.15) is 0 Å². The van der Waals surface area contributed by atoms with E-state index in [-0.39, 0.29) is 6.10 Å². The van der Waals surface area contributed by atoms with Crippen LogP contribution in [-0.2, 0) is 37.8 Å². The maximum atomic E-state index is 12.1. The Hall–Kier alpha value is -2.40. The number of hydrogen-bond acceptors (Lipinski definition) is 9. The second-order valence-corrected chi connectivity index (χ2v) is 10.7. The van der Waals surface area contributed by atoms with Crippen molar-refractivity contribution in [2.75, 3.05) is 71.2 Å². The lowest BCUT2D eigenvalue weighted by Gasteiger charge is -2.41. The van der Waals surface area contributed by atoms with Crippen molar-refractivity contribution in [3.05, 3.63) is 53.1 Å².